The number of nitrogen functional groups attached to an aromatic ring is 1. The van der Waals surface area contributed by atoms with E-state index in [0.29, 0.717) is 47.1 Å². The third kappa shape index (κ3) is 9.15. The van der Waals surface area contributed by atoms with Crippen LogP contribution in [0.1, 0.15) is 53.7 Å². The van der Waals surface area contributed by atoms with E-state index in [1.165, 1.54) is 4.90 Å². The topological polar surface area (TPSA) is 163 Å². The Morgan fingerprint density at radius 3 is 2.18 bits per heavy atom. The highest BCUT2D eigenvalue weighted by Crippen LogP contribution is 2.40. The molecule has 262 valence electrons. The molecule has 0 bridgehead atoms. The Morgan fingerprint density at radius 2 is 1.58 bits per heavy atom. The van der Waals surface area contributed by atoms with Crippen LogP contribution in [0.5, 0.6) is 5.75 Å². The standard InChI is InChI=1S/C34H34N4O5.C2HF3O2/c1-23(21-30(39)40)37-31(25-12-4-2-5-13-25)34(42)38(26-14-6-3-7-15-26)28-18-17-24(22-27(28)33(37)41)11-8-9-20-43-29-16-10-19-36-32(29)35;3-2(4,5)1(6)7/h2-7,10,12-19,22-23,31H,8-9,11,20-21H2,1H3,(H2,35,36)(H,39,40);(H,6,7). The van der Waals surface area contributed by atoms with Crippen molar-refractivity contribution in [2.24, 2.45) is 0 Å². The number of ether oxygens (including phenoxy) is 1. The predicted molar refractivity (Wildman–Crippen MR) is 178 cm³/mol. The van der Waals surface area contributed by atoms with E-state index in [2.05, 4.69) is 4.98 Å². The number of aryl methyl sites for hydroxylation is 1. The molecule has 11 nitrogen and oxygen atoms in total. The first-order valence-electron chi connectivity index (χ1n) is 15.5. The van der Waals surface area contributed by atoms with Gasteiger partial charge in [-0.1, -0.05) is 54.6 Å². The maximum atomic E-state index is 14.5. The molecule has 0 spiro atoms. The summed E-state index contributed by atoms with van der Waals surface area (Å²) in [6.07, 6.45) is -1.55. The molecule has 5 rings (SSSR count). The van der Waals surface area contributed by atoms with Gasteiger partial charge in [0, 0.05) is 17.9 Å². The molecule has 0 saturated heterocycles. The van der Waals surface area contributed by atoms with Crippen molar-refractivity contribution in [3.8, 4) is 5.75 Å². The number of aromatic nitrogens is 1. The maximum absolute atomic E-state index is 14.5. The van der Waals surface area contributed by atoms with E-state index in [1.54, 1.807) is 42.3 Å². The normalized spacial score (nSPS) is 14.9. The molecule has 2 amide bonds. The van der Waals surface area contributed by atoms with Crippen LogP contribution in [0.15, 0.2) is 97.2 Å². The number of unbranched alkanes of at least 4 members (excludes halogenated alkanes) is 1. The van der Waals surface area contributed by atoms with Crippen molar-refractivity contribution in [2.75, 3.05) is 17.2 Å². The molecule has 3 aromatic carbocycles. The molecule has 2 atom stereocenters. The minimum absolute atomic E-state index is 0.301. The number of hydrogen-bond donors (Lipinski definition) is 3. The van der Waals surface area contributed by atoms with E-state index in [1.807, 2.05) is 66.7 Å². The fraction of sp³-hybridized carbons (Fsp3) is 0.250. The number of nitrogens with two attached hydrogens (primary N) is 1. The van der Waals surface area contributed by atoms with Crippen molar-refractivity contribution < 1.29 is 47.3 Å². The van der Waals surface area contributed by atoms with Gasteiger partial charge in [0.15, 0.2) is 11.6 Å². The van der Waals surface area contributed by atoms with E-state index in [9.17, 15) is 32.7 Å². The van der Waals surface area contributed by atoms with Crippen molar-refractivity contribution in [2.45, 2.75) is 50.9 Å². The summed E-state index contributed by atoms with van der Waals surface area (Å²) in [6.45, 7) is 2.14. The molecule has 1 aliphatic rings. The highest BCUT2D eigenvalue weighted by atomic mass is 19.4. The van der Waals surface area contributed by atoms with Crippen LogP contribution in [0, 0.1) is 0 Å². The van der Waals surface area contributed by atoms with Gasteiger partial charge in [0.25, 0.3) is 11.8 Å². The number of pyridine rings is 1. The lowest BCUT2D eigenvalue weighted by molar-refractivity contribution is -0.192. The number of anilines is 3. The zero-order chi connectivity index (χ0) is 36.4. The molecule has 50 heavy (non-hydrogen) atoms. The largest absolute Gasteiger partial charge is 0.490 e. The summed E-state index contributed by atoms with van der Waals surface area (Å²) in [5.41, 5.74) is 8.83. The average Bonchev–Trinajstić information content (AvgIpc) is 3.17. The molecule has 2 heterocycles. The van der Waals surface area contributed by atoms with Crippen molar-refractivity contribution >= 4 is 40.9 Å². The van der Waals surface area contributed by atoms with Crippen LogP contribution in [0.25, 0.3) is 0 Å². The summed E-state index contributed by atoms with van der Waals surface area (Å²) in [7, 11) is 0. The third-order valence-electron chi connectivity index (χ3n) is 7.73. The SMILES string of the molecule is CC(CC(=O)O)N1C(=O)c2cc(CCCCOc3cccnc3N)ccc2N(c2ccccc2)C(=O)C1c1ccccc1.O=C(O)C(F)(F)F. The summed E-state index contributed by atoms with van der Waals surface area (Å²) >= 11 is 0. The number of hydrogen-bond acceptors (Lipinski definition) is 7. The summed E-state index contributed by atoms with van der Waals surface area (Å²) in [6, 6.07) is 25.6. The van der Waals surface area contributed by atoms with Gasteiger partial charge in [0.05, 0.1) is 24.3 Å². The van der Waals surface area contributed by atoms with Gasteiger partial charge in [0.1, 0.15) is 6.04 Å². The van der Waals surface area contributed by atoms with Gasteiger partial charge >= 0.3 is 18.1 Å². The first-order valence-corrected chi connectivity index (χ1v) is 15.5. The molecular formula is C36H35F3N4O7. The number of amides is 2. The minimum atomic E-state index is -5.08. The third-order valence-corrected chi connectivity index (χ3v) is 7.73. The Labute approximate surface area is 285 Å². The minimum Gasteiger partial charge on any atom is -0.490 e. The van der Waals surface area contributed by atoms with E-state index in [4.69, 9.17) is 20.4 Å². The first kappa shape index (κ1) is 36.9. The van der Waals surface area contributed by atoms with Crippen LogP contribution in [0.3, 0.4) is 0 Å². The Hall–Kier alpha value is -5.92. The highest BCUT2D eigenvalue weighted by Gasteiger charge is 2.43. The summed E-state index contributed by atoms with van der Waals surface area (Å²) < 4.78 is 37.5. The molecule has 4 N–H and O–H groups in total. The zero-order valence-corrected chi connectivity index (χ0v) is 26.9. The number of fused-ring (bicyclic) bond motifs is 1. The lowest BCUT2D eigenvalue weighted by atomic mass is 10.00. The number of rotatable bonds is 11. The van der Waals surface area contributed by atoms with Crippen molar-refractivity contribution in [1.82, 2.24) is 9.88 Å². The van der Waals surface area contributed by atoms with E-state index in [-0.39, 0.29) is 18.2 Å². The van der Waals surface area contributed by atoms with Crippen LogP contribution < -0.4 is 15.4 Å². The highest BCUT2D eigenvalue weighted by molar-refractivity contribution is 6.14. The van der Waals surface area contributed by atoms with E-state index >= 15 is 0 Å². The van der Waals surface area contributed by atoms with Gasteiger partial charge in [-0.25, -0.2) is 9.78 Å². The second kappa shape index (κ2) is 16.5. The number of alkyl halides is 3. The molecule has 1 aromatic heterocycles. The number of carbonyl (C=O) groups is 4. The van der Waals surface area contributed by atoms with Crippen LogP contribution >= 0.6 is 0 Å². The molecule has 0 radical (unpaired) electrons. The zero-order valence-electron chi connectivity index (χ0n) is 26.9. The number of carboxylic acid groups (broad SMARTS) is 2. The van der Waals surface area contributed by atoms with Gasteiger partial charge in [-0.15, -0.1) is 0 Å². The Morgan fingerprint density at radius 1 is 0.940 bits per heavy atom. The fourth-order valence-corrected chi connectivity index (χ4v) is 5.45. The molecule has 4 aromatic rings. The molecule has 2 unspecified atom stereocenters. The van der Waals surface area contributed by atoms with Crippen LogP contribution in [-0.2, 0) is 20.8 Å². The number of carbonyl (C=O) groups excluding carboxylic acids is 2. The maximum Gasteiger partial charge on any atom is 0.490 e. The second-order valence-electron chi connectivity index (χ2n) is 11.3. The first-order chi connectivity index (χ1) is 23.8. The average molecular weight is 693 g/mol. The van der Waals surface area contributed by atoms with Crippen LogP contribution in [0.4, 0.5) is 30.4 Å². The lowest BCUT2D eigenvalue weighted by Gasteiger charge is -2.35. The summed E-state index contributed by atoms with van der Waals surface area (Å²) in [4.78, 5) is 56.6. The number of halogens is 3. The predicted octanol–water partition coefficient (Wildman–Crippen LogP) is 6.42. The Bertz CT molecular complexity index is 1810. The van der Waals surface area contributed by atoms with Gasteiger partial charge in [-0.3, -0.25) is 19.3 Å². The van der Waals surface area contributed by atoms with Gasteiger partial charge in [0.2, 0.25) is 0 Å². The number of carboxylic acids is 2. The molecular weight excluding hydrogens is 657 g/mol. The Kier molecular flexibility index (Phi) is 12.1. The fourth-order valence-electron chi connectivity index (χ4n) is 5.45. The molecule has 14 heteroatoms. The number of nitrogens with zero attached hydrogens (tertiary/aromatic N) is 3. The quantitative estimate of drug-likeness (QED) is 0.151. The number of aliphatic carboxylic acids is 2. The molecule has 0 fully saturated rings. The molecule has 0 saturated carbocycles. The van der Waals surface area contributed by atoms with Crippen molar-refractivity contribution in [1.29, 1.82) is 0 Å². The number of para-hydroxylation sites is 1. The van der Waals surface area contributed by atoms with Crippen LogP contribution in [-0.4, -0.2) is 62.7 Å². The van der Waals surface area contributed by atoms with E-state index in [0.717, 1.165) is 18.4 Å². The summed E-state index contributed by atoms with van der Waals surface area (Å²) in [5, 5.41) is 16.8. The van der Waals surface area contributed by atoms with E-state index < -0.39 is 30.2 Å². The molecule has 0 aliphatic carbocycles. The molecule has 1 aliphatic heterocycles. The van der Waals surface area contributed by atoms with Gasteiger partial charge in [-0.2, -0.15) is 13.2 Å². The van der Waals surface area contributed by atoms with Crippen molar-refractivity contribution in [3.05, 3.63) is 114 Å². The summed E-state index contributed by atoms with van der Waals surface area (Å²) in [5.74, 6) is -3.63. The van der Waals surface area contributed by atoms with Gasteiger partial charge < -0.3 is 25.6 Å². The van der Waals surface area contributed by atoms with Gasteiger partial charge in [-0.05, 0) is 73.7 Å². The smallest absolute Gasteiger partial charge is 0.490 e. The monoisotopic (exact) mass is 692 g/mol. The second-order valence-corrected chi connectivity index (χ2v) is 11.3. The van der Waals surface area contributed by atoms with Crippen molar-refractivity contribution in [3.63, 3.8) is 0 Å². The number of benzene rings is 3. The Balaban J connectivity index is 0.000000727. The lowest BCUT2D eigenvalue weighted by Crippen LogP contribution is -2.46. The van der Waals surface area contributed by atoms with Crippen LogP contribution in [0.2, 0.25) is 0 Å².